The highest BCUT2D eigenvalue weighted by Crippen LogP contribution is 2.24. The maximum Gasteiger partial charge on any atom is 0.373 e. The monoisotopic (exact) mass is 233 g/mol. The normalized spacial score (nSPS) is 10.8. The van der Waals surface area contributed by atoms with Gasteiger partial charge in [-0.15, -0.1) is 0 Å². The van der Waals surface area contributed by atoms with Gasteiger partial charge in [-0.3, -0.25) is 4.79 Å². The summed E-state index contributed by atoms with van der Waals surface area (Å²) in [5, 5.41) is 21.5. The summed E-state index contributed by atoms with van der Waals surface area (Å²) in [6.07, 6.45) is 4.16. The van der Waals surface area contributed by atoms with Gasteiger partial charge in [-0.05, 0) is 24.9 Å². The number of phenolic OH excluding ortho intramolecular Hbond substituents is 1. The predicted octanol–water partition coefficient (Wildman–Crippen LogP) is 1.23. The minimum Gasteiger partial charge on any atom is -0.507 e. The average Bonchev–Trinajstić information content (AvgIpc) is 2.29. The van der Waals surface area contributed by atoms with Crippen LogP contribution in [0, 0.1) is 6.92 Å². The molecule has 0 unspecified atom stereocenters. The van der Waals surface area contributed by atoms with Gasteiger partial charge in [-0.2, -0.15) is 0 Å². The van der Waals surface area contributed by atoms with Gasteiger partial charge in [0.05, 0.1) is 5.56 Å². The van der Waals surface area contributed by atoms with E-state index in [9.17, 15) is 9.90 Å². The Balaban J connectivity index is 2.84. The summed E-state index contributed by atoms with van der Waals surface area (Å²) < 4.78 is 0. The third-order valence-corrected chi connectivity index (χ3v) is 2.40. The zero-order valence-electron chi connectivity index (χ0n) is 9.97. The minimum absolute atomic E-state index is 0.0191. The summed E-state index contributed by atoms with van der Waals surface area (Å²) in [6, 6.07) is 3.53. The lowest BCUT2D eigenvalue weighted by atomic mass is 9.89. The second-order valence-electron chi connectivity index (χ2n) is 3.84. The van der Waals surface area contributed by atoms with Gasteiger partial charge in [0.25, 0.3) is 0 Å². The van der Waals surface area contributed by atoms with E-state index in [1.54, 1.807) is 38.0 Å². The van der Waals surface area contributed by atoms with Crippen molar-refractivity contribution in [2.24, 2.45) is 0 Å². The Hall–Kier alpha value is -1.59. The highest BCUT2D eigenvalue weighted by molar-refractivity contribution is 6.45. The number of aryl methyl sites for hydroxylation is 1. The molecule has 0 aliphatic rings. The first-order valence-electron chi connectivity index (χ1n) is 5.42. The molecule has 0 aliphatic carbocycles. The Bertz CT molecular complexity index is 430. The van der Waals surface area contributed by atoms with Crippen molar-refractivity contribution >= 4 is 19.4 Å². The molecule has 5 heteroatoms. The lowest BCUT2D eigenvalue weighted by Gasteiger charge is -2.05. The van der Waals surface area contributed by atoms with E-state index in [1.807, 2.05) is 0 Å². The van der Waals surface area contributed by atoms with Gasteiger partial charge < -0.3 is 15.4 Å². The lowest BCUT2D eigenvalue weighted by molar-refractivity contribution is 0.112. The smallest absolute Gasteiger partial charge is 0.373 e. The van der Waals surface area contributed by atoms with Crippen LogP contribution in [0.5, 0.6) is 5.75 Å². The second-order valence-corrected chi connectivity index (χ2v) is 3.84. The zero-order valence-corrected chi connectivity index (χ0v) is 9.97. The van der Waals surface area contributed by atoms with Crippen LogP contribution in [0.1, 0.15) is 21.5 Å². The molecule has 90 valence electrons. The number of carbonyl (C=O) groups is 1. The largest absolute Gasteiger partial charge is 0.507 e. The highest BCUT2D eigenvalue weighted by Gasteiger charge is 2.07. The number of aldehydes is 1. The first-order valence-corrected chi connectivity index (χ1v) is 5.42. The van der Waals surface area contributed by atoms with Crippen LogP contribution in [0.2, 0.25) is 6.82 Å². The van der Waals surface area contributed by atoms with Crippen molar-refractivity contribution in [2.75, 3.05) is 6.54 Å². The first kappa shape index (κ1) is 13.5. The minimum atomic E-state index is -0.573. The first-order chi connectivity index (χ1) is 8.06. The molecule has 0 aromatic heterocycles. The average molecular weight is 233 g/mol. The van der Waals surface area contributed by atoms with E-state index >= 15 is 0 Å². The Kier molecular flexibility index (Phi) is 4.94. The van der Waals surface area contributed by atoms with E-state index in [0.29, 0.717) is 29.5 Å². The summed E-state index contributed by atoms with van der Waals surface area (Å²) in [7, 11) is -0.573. The van der Waals surface area contributed by atoms with Crippen molar-refractivity contribution in [3.05, 3.63) is 34.9 Å². The Morgan fingerprint density at radius 3 is 2.76 bits per heavy atom. The van der Waals surface area contributed by atoms with E-state index in [-0.39, 0.29) is 5.75 Å². The molecule has 0 aliphatic heterocycles. The molecule has 0 heterocycles. The van der Waals surface area contributed by atoms with Crippen molar-refractivity contribution in [2.45, 2.75) is 13.7 Å². The van der Waals surface area contributed by atoms with Crippen molar-refractivity contribution in [3.63, 3.8) is 0 Å². The van der Waals surface area contributed by atoms with Gasteiger partial charge in [-0.1, -0.05) is 24.3 Å². The maximum absolute atomic E-state index is 10.9. The summed E-state index contributed by atoms with van der Waals surface area (Å²) in [5.74, 6) is 0.0191. The number of nitrogens with one attached hydrogen (secondary N) is 1. The summed E-state index contributed by atoms with van der Waals surface area (Å²) in [5.41, 5.74) is 1.63. The van der Waals surface area contributed by atoms with Crippen molar-refractivity contribution in [3.8, 4) is 5.75 Å². The summed E-state index contributed by atoms with van der Waals surface area (Å²) in [4.78, 5) is 10.9. The third kappa shape index (κ3) is 3.73. The van der Waals surface area contributed by atoms with Crippen LogP contribution < -0.4 is 5.23 Å². The Morgan fingerprint density at radius 1 is 1.47 bits per heavy atom. The molecule has 0 spiro atoms. The molecule has 0 radical (unpaired) electrons. The number of benzene rings is 1. The van der Waals surface area contributed by atoms with E-state index in [1.165, 1.54) is 0 Å². The molecule has 0 bridgehead atoms. The predicted molar refractivity (Wildman–Crippen MR) is 69.1 cm³/mol. The second kappa shape index (κ2) is 6.22. The molecule has 17 heavy (non-hydrogen) atoms. The van der Waals surface area contributed by atoms with Gasteiger partial charge in [0, 0.05) is 6.54 Å². The molecule has 0 amide bonds. The molecule has 0 fully saturated rings. The lowest BCUT2D eigenvalue weighted by Crippen LogP contribution is -2.30. The summed E-state index contributed by atoms with van der Waals surface area (Å²) >= 11 is 0. The number of hydrogen-bond donors (Lipinski definition) is 3. The maximum atomic E-state index is 10.9. The van der Waals surface area contributed by atoms with Gasteiger partial charge in [0.1, 0.15) is 5.75 Å². The van der Waals surface area contributed by atoms with Crippen molar-refractivity contribution < 1.29 is 14.9 Å². The topological polar surface area (TPSA) is 69.6 Å². The van der Waals surface area contributed by atoms with Gasteiger partial charge >= 0.3 is 7.05 Å². The quantitative estimate of drug-likeness (QED) is 0.528. The third-order valence-electron chi connectivity index (χ3n) is 2.40. The molecule has 0 atom stereocenters. The highest BCUT2D eigenvalue weighted by atomic mass is 16.3. The van der Waals surface area contributed by atoms with Crippen LogP contribution in [-0.2, 0) is 0 Å². The van der Waals surface area contributed by atoms with Gasteiger partial charge in [0.2, 0.25) is 0 Å². The number of hydrogen-bond acceptors (Lipinski definition) is 4. The standard InChI is InChI=1S/C12H16BNO3/c1-9-5-6-10(11(8-15)12(9)16)4-3-7-14-13(2)17/h3-6,8,14,16-17H,7H2,1-2H3/b4-3+. The molecular weight excluding hydrogens is 217 g/mol. The van der Waals surface area contributed by atoms with Crippen LogP contribution in [0.15, 0.2) is 18.2 Å². The molecule has 0 saturated carbocycles. The Labute approximate surface area is 101 Å². The molecule has 0 saturated heterocycles. The molecule has 1 aromatic carbocycles. The fraction of sp³-hybridized carbons (Fsp3) is 0.250. The summed E-state index contributed by atoms with van der Waals surface area (Å²) in [6.45, 7) is 3.86. The fourth-order valence-corrected chi connectivity index (χ4v) is 1.43. The van der Waals surface area contributed by atoms with Crippen LogP contribution in [0.25, 0.3) is 6.08 Å². The molecule has 3 N–H and O–H groups in total. The fourth-order valence-electron chi connectivity index (χ4n) is 1.43. The molecular formula is C12H16BNO3. The number of aromatic hydroxyl groups is 1. The Morgan fingerprint density at radius 2 is 2.18 bits per heavy atom. The van der Waals surface area contributed by atoms with E-state index in [0.717, 1.165) is 0 Å². The molecule has 1 aromatic rings. The van der Waals surface area contributed by atoms with Crippen LogP contribution >= 0.6 is 0 Å². The van der Waals surface area contributed by atoms with E-state index < -0.39 is 7.05 Å². The van der Waals surface area contributed by atoms with Gasteiger partial charge in [-0.25, -0.2) is 0 Å². The van der Waals surface area contributed by atoms with Crippen LogP contribution in [0.3, 0.4) is 0 Å². The molecule has 4 nitrogen and oxygen atoms in total. The SMILES string of the molecule is CB(O)NC/C=C/c1ccc(C)c(O)c1C=O. The molecule has 1 rings (SSSR count). The van der Waals surface area contributed by atoms with Crippen molar-refractivity contribution in [1.82, 2.24) is 5.23 Å². The number of carbonyl (C=O) groups excluding carboxylic acids is 1. The van der Waals surface area contributed by atoms with Gasteiger partial charge in [0.15, 0.2) is 6.29 Å². The van der Waals surface area contributed by atoms with Crippen molar-refractivity contribution in [1.29, 1.82) is 0 Å². The zero-order chi connectivity index (χ0) is 12.8. The number of phenols is 1. The number of rotatable bonds is 5. The van der Waals surface area contributed by atoms with E-state index in [2.05, 4.69) is 5.23 Å². The van der Waals surface area contributed by atoms with Crippen LogP contribution in [-0.4, -0.2) is 30.0 Å². The van der Waals surface area contributed by atoms with E-state index in [4.69, 9.17) is 5.02 Å². The van der Waals surface area contributed by atoms with Crippen LogP contribution in [0.4, 0.5) is 0 Å².